The minimum absolute atomic E-state index is 0.0113. The van der Waals surface area contributed by atoms with Crippen LogP contribution >= 0.6 is 0 Å². The van der Waals surface area contributed by atoms with Gasteiger partial charge in [0, 0.05) is 22.2 Å². The van der Waals surface area contributed by atoms with E-state index in [1.54, 1.807) is 48.5 Å². The van der Waals surface area contributed by atoms with Crippen LogP contribution in [0.25, 0.3) is 28.2 Å². The number of hydrogen-bond acceptors (Lipinski definition) is 4. The van der Waals surface area contributed by atoms with Crippen molar-refractivity contribution in [3.8, 4) is 17.0 Å². The predicted molar refractivity (Wildman–Crippen MR) is 123 cm³/mol. The number of rotatable bonds is 5. The molecule has 33 heavy (non-hydrogen) atoms. The molecule has 1 aromatic heterocycles. The number of pyridine rings is 1. The number of carbonyl (C=O) groups is 1. The average molecular weight is 448 g/mol. The summed E-state index contributed by atoms with van der Waals surface area (Å²) in [5.74, 6) is -0.223. The van der Waals surface area contributed by atoms with Gasteiger partial charge in [-0.25, -0.2) is 4.98 Å². The molecule has 4 rings (SSSR count). The zero-order valence-electron chi connectivity index (χ0n) is 17.5. The number of phenols is 1. The first-order chi connectivity index (χ1) is 15.7. The Hall–Kier alpha value is -4.13. The van der Waals surface area contributed by atoms with Crippen molar-refractivity contribution in [3.05, 3.63) is 90.0 Å². The van der Waals surface area contributed by atoms with E-state index in [1.807, 2.05) is 0 Å². The first kappa shape index (κ1) is 22.1. The Kier molecular flexibility index (Phi) is 5.87. The van der Waals surface area contributed by atoms with Gasteiger partial charge >= 0.3 is 6.18 Å². The van der Waals surface area contributed by atoms with E-state index in [0.29, 0.717) is 33.4 Å². The minimum atomic E-state index is -4.49. The van der Waals surface area contributed by atoms with Crippen LogP contribution in [0, 0.1) is 0 Å². The highest BCUT2D eigenvalue weighted by atomic mass is 19.4. The molecule has 166 valence electrons. The van der Waals surface area contributed by atoms with Gasteiger partial charge in [0.2, 0.25) is 0 Å². The Bertz CT molecular complexity index is 1380. The van der Waals surface area contributed by atoms with Crippen molar-refractivity contribution < 1.29 is 23.1 Å². The highest BCUT2D eigenvalue weighted by molar-refractivity contribution is 6.03. The van der Waals surface area contributed by atoms with Crippen molar-refractivity contribution in [2.24, 2.45) is 0 Å². The van der Waals surface area contributed by atoms with Crippen LogP contribution in [-0.4, -0.2) is 15.9 Å². The Morgan fingerprint density at radius 1 is 1.00 bits per heavy atom. The number of aromatic nitrogens is 1. The van der Waals surface area contributed by atoms with E-state index >= 15 is 0 Å². The van der Waals surface area contributed by atoms with E-state index < -0.39 is 11.7 Å². The fraction of sp³-hybridized carbons (Fsp3) is 0.0769. The molecular formula is C26H19F3N2O2. The summed E-state index contributed by atoms with van der Waals surface area (Å²) in [4.78, 5) is 16.4. The lowest BCUT2D eigenvalue weighted by molar-refractivity contribution is -0.137. The number of halogens is 3. The second-order valence-electron chi connectivity index (χ2n) is 7.43. The van der Waals surface area contributed by atoms with E-state index in [1.165, 1.54) is 31.2 Å². The van der Waals surface area contributed by atoms with Crippen LogP contribution < -0.4 is 5.32 Å². The predicted octanol–water partition coefficient (Wildman–Crippen LogP) is 6.97. The molecule has 0 saturated carbocycles. The first-order valence-corrected chi connectivity index (χ1v) is 10.1. The molecule has 0 aliphatic heterocycles. The van der Waals surface area contributed by atoms with Crippen LogP contribution in [-0.2, 0) is 11.0 Å². The number of nitrogens with zero attached hydrogens (tertiary/aromatic N) is 1. The van der Waals surface area contributed by atoms with Crippen molar-refractivity contribution in [2.45, 2.75) is 13.1 Å². The Morgan fingerprint density at radius 3 is 2.45 bits per heavy atom. The summed E-state index contributed by atoms with van der Waals surface area (Å²) in [5, 5.41) is 14.2. The number of alkyl halides is 3. The standard InChI is InChI=1S/C26H19F3N2O2/c1-16(32)13-14-21-24(30-18-8-6-7-17(15-18)26(27,28)29)19-9-2-4-11-22(19)31-25(21)20-10-3-5-12-23(20)33/h2-15,33H,1H3,(H,30,31)/b14-13+. The third kappa shape index (κ3) is 4.72. The summed E-state index contributed by atoms with van der Waals surface area (Å²) in [6.07, 6.45) is -1.58. The summed E-state index contributed by atoms with van der Waals surface area (Å²) in [7, 11) is 0. The number of aromatic hydroxyl groups is 1. The summed E-state index contributed by atoms with van der Waals surface area (Å²) < 4.78 is 39.8. The van der Waals surface area contributed by atoms with Crippen LogP contribution in [0.15, 0.2) is 78.9 Å². The molecule has 0 bridgehead atoms. The third-order valence-electron chi connectivity index (χ3n) is 5.03. The number of hydrogen-bond donors (Lipinski definition) is 2. The number of carbonyl (C=O) groups excluding carboxylic acids is 1. The third-order valence-corrected chi connectivity index (χ3v) is 5.03. The van der Waals surface area contributed by atoms with Crippen LogP contribution in [0.3, 0.4) is 0 Å². The number of allylic oxidation sites excluding steroid dienone is 1. The van der Waals surface area contributed by atoms with Gasteiger partial charge in [0.25, 0.3) is 0 Å². The average Bonchev–Trinajstić information content (AvgIpc) is 2.78. The quantitative estimate of drug-likeness (QED) is 0.324. The molecule has 0 unspecified atom stereocenters. The van der Waals surface area contributed by atoms with E-state index in [4.69, 9.17) is 4.98 Å². The minimum Gasteiger partial charge on any atom is -0.507 e. The van der Waals surface area contributed by atoms with E-state index in [2.05, 4.69) is 5.32 Å². The Morgan fingerprint density at radius 2 is 1.73 bits per heavy atom. The molecule has 4 aromatic rings. The van der Waals surface area contributed by atoms with Crippen molar-refractivity contribution in [3.63, 3.8) is 0 Å². The molecule has 0 atom stereocenters. The van der Waals surface area contributed by atoms with Crippen LogP contribution in [0.2, 0.25) is 0 Å². The molecule has 0 radical (unpaired) electrons. The highest BCUT2D eigenvalue weighted by Gasteiger charge is 2.30. The first-order valence-electron chi connectivity index (χ1n) is 10.1. The molecule has 7 heteroatoms. The van der Waals surface area contributed by atoms with Crippen molar-refractivity contribution in [2.75, 3.05) is 5.32 Å². The zero-order valence-corrected chi connectivity index (χ0v) is 17.5. The number of benzene rings is 3. The number of para-hydroxylation sites is 2. The fourth-order valence-corrected chi connectivity index (χ4v) is 3.52. The Balaban J connectivity index is 2.00. The van der Waals surface area contributed by atoms with Gasteiger partial charge in [0.15, 0.2) is 5.78 Å². The largest absolute Gasteiger partial charge is 0.507 e. The molecule has 0 fully saturated rings. The summed E-state index contributed by atoms with van der Waals surface area (Å²) in [6, 6.07) is 18.6. The van der Waals surface area contributed by atoms with Crippen molar-refractivity contribution in [1.29, 1.82) is 0 Å². The molecule has 0 spiro atoms. The molecule has 2 N–H and O–H groups in total. The van der Waals surface area contributed by atoms with Crippen LogP contribution in [0.5, 0.6) is 5.75 Å². The maximum absolute atomic E-state index is 13.3. The van der Waals surface area contributed by atoms with Gasteiger partial charge in [-0.1, -0.05) is 36.4 Å². The SMILES string of the molecule is CC(=O)/C=C/c1c(-c2ccccc2O)nc2ccccc2c1Nc1cccc(C(F)(F)F)c1. The second-order valence-corrected chi connectivity index (χ2v) is 7.43. The van der Waals surface area contributed by atoms with Gasteiger partial charge in [-0.3, -0.25) is 4.79 Å². The fourth-order valence-electron chi connectivity index (χ4n) is 3.52. The molecule has 4 nitrogen and oxygen atoms in total. The molecule has 0 amide bonds. The second kappa shape index (κ2) is 8.78. The zero-order chi connectivity index (χ0) is 23.6. The number of nitrogens with one attached hydrogen (secondary N) is 1. The molecular weight excluding hydrogens is 429 g/mol. The van der Waals surface area contributed by atoms with Gasteiger partial charge in [-0.05, 0) is 55.5 Å². The summed E-state index contributed by atoms with van der Waals surface area (Å²) in [5.41, 5.74) is 1.76. The number of phenolic OH excluding ortho intramolecular Hbond substituents is 1. The smallest absolute Gasteiger partial charge is 0.416 e. The molecule has 1 heterocycles. The molecule has 0 aliphatic rings. The van der Waals surface area contributed by atoms with E-state index in [0.717, 1.165) is 12.1 Å². The maximum atomic E-state index is 13.3. The van der Waals surface area contributed by atoms with Gasteiger partial charge < -0.3 is 10.4 Å². The van der Waals surface area contributed by atoms with Gasteiger partial charge in [-0.2, -0.15) is 13.2 Å². The van der Waals surface area contributed by atoms with Crippen LogP contribution in [0.1, 0.15) is 18.1 Å². The normalized spacial score (nSPS) is 11.8. The summed E-state index contributed by atoms with van der Waals surface area (Å²) in [6.45, 7) is 1.39. The van der Waals surface area contributed by atoms with Gasteiger partial charge in [0.1, 0.15) is 5.75 Å². The highest BCUT2D eigenvalue weighted by Crippen LogP contribution is 2.40. The molecule has 3 aromatic carbocycles. The lowest BCUT2D eigenvalue weighted by Crippen LogP contribution is -2.06. The summed E-state index contributed by atoms with van der Waals surface area (Å²) >= 11 is 0. The van der Waals surface area contributed by atoms with Gasteiger partial charge in [-0.15, -0.1) is 0 Å². The van der Waals surface area contributed by atoms with E-state index in [-0.39, 0.29) is 17.2 Å². The van der Waals surface area contributed by atoms with Crippen molar-refractivity contribution >= 4 is 34.1 Å². The monoisotopic (exact) mass is 448 g/mol. The number of fused-ring (bicyclic) bond motifs is 1. The van der Waals surface area contributed by atoms with Crippen molar-refractivity contribution in [1.82, 2.24) is 4.98 Å². The van der Waals surface area contributed by atoms with Crippen LogP contribution in [0.4, 0.5) is 24.5 Å². The molecule has 0 saturated heterocycles. The Labute approximate surface area is 188 Å². The topological polar surface area (TPSA) is 62.2 Å². The maximum Gasteiger partial charge on any atom is 0.416 e. The molecule has 0 aliphatic carbocycles. The lowest BCUT2D eigenvalue weighted by atomic mass is 9.99. The number of ketones is 1. The lowest BCUT2D eigenvalue weighted by Gasteiger charge is -2.18. The van der Waals surface area contributed by atoms with E-state index in [9.17, 15) is 23.1 Å². The number of anilines is 2. The van der Waals surface area contributed by atoms with Gasteiger partial charge in [0.05, 0.1) is 22.5 Å².